The molecule has 14 heavy (non-hydrogen) atoms. The highest BCUT2D eigenvalue weighted by Crippen LogP contribution is 2.33. The molecular weight excluding hydrogens is 243 g/mol. The number of halogens is 2. The van der Waals surface area contributed by atoms with E-state index in [0.717, 1.165) is 0 Å². The molecule has 74 valence electrons. The SMILES string of the molecule is OC(c1ccc(Cl)o1)c1sccc1Cl. The first-order valence-corrected chi connectivity index (χ1v) is 5.48. The lowest BCUT2D eigenvalue weighted by molar-refractivity contribution is 0.193. The summed E-state index contributed by atoms with van der Waals surface area (Å²) in [5.74, 6) is 0.402. The first-order valence-electron chi connectivity index (χ1n) is 3.84. The minimum absolute atomic E-state index is 0.256. The first-order chi connectivity index (χ1) is 6.68. The fraction of sp³-hybridized carbons (Fsp3) is 0.111. The van der Waals surface area contributed by atoms with Gasteiger partial charge in [0.15, 0.2) is 5.22 Å². The Morgan fingerprint density at radius 2 is 2.07 bits per heavy atom. The quantitative estimate of drug-likeness (QED) is 0.879. The molecule has 0 amide bonds. The molecule has 0 bridgehead atoms. The number of rotatable bonds is 2. The van der Waals surface area contributed by atoms with Crippen LogP contribution in [-0.4, -0.2) is 5.11 Å². The van der Waals surface area contributed by atoms with Crippen LogP contribution >= 0.6 is 34.5 Å². The van der Waals surface area contributed by atoms with Gasteiger partial charge in [-0.2, -0.15) is 0 Å². The van der Waals surface area contributed by atoms with Gasteiger partial charge in [-0.25, -0.2) is 0 Å². The van der Waals surface area contributed by atoms with E-state index in [9.17, 15) is 5.11 Å². The lowest BCUT2D eigenvalue weighted by atomic mass is 10.2. The third kappa shape index (κ3) is 1.81. The average molecular weight is 249 g/mol. The molecule has 0 saturated heterocycles. The number of hydrogen-bond acceptors (Lipinski definition) is 3. The molecule has 1 atom stereocenters. The van der Waals surface area contributed by atoms with E-state index in [1.165, 1.54) is 11.3 Å². The summed E-state index contributed by atoms with van der Waals surface area (Å²) in [5, 5.41) is 12.5. The normalized spacial score (nSPS) is 13.1. The molecule has 0 saturated carbocycles. The van der Waals surface area contributed by atoms with Crippen molar-refractivity contribution < 1.29 is 9.52 Å². The molecule has 0 fully saturated rings. The van der Waals surface area contributed by atoms with E-state index in [1.807, 2.05) is 5.38 Å². The van der Waals surface area contributed by atoms with Crippen molar-refractivity contribution in [3.05, 3.63) is 44.5 Å². The van der Waals surface area contributed by atoms with Gasteiger partial charge in [0.2, 0.25) is 0 Å². The van der Waals surface area contributed by atoms with Gasteiger partial charge in [-0.15, -0.1) is 11.3 Å². The zero-order valence-electron chi connectivity index (χ0n) is 6.91. The van der Waals surface area contributed by atoms with E-state index in [1.54, 1.807) is 18.2 Å². The summed E-state index contributed by atoms with van der Waals surface area (Å²) in [6, 6.07) is 4.94. The molecule has 0 radical (unpaired) electrons. The molecule has 0 spiro atoms. The number of thiophene rings is 1. The van der Waals surface area contributed by atoms with Crippen LogP contribution in [0, 0.1) is 0 Å². The largest absolute Gasteiger partial charge is 0.447 e. The Kier molecular flexibility index (Phi) is 2.83. The van der Waals surface area contributed by atoms with Crippen LogP contribution in [0.2, 0.25) is 10.2 Å². The highest BCUT2D eigenvalue weighted by atomic mass is 35.5. The molecule has 1 unspecified atom stereocenters. The van der Waals surface area contributed by atoms with Gasteiger partial charge in [-0.05, 0) is 35.2 Å². The Morgan fingerprint density at radius 3 is 2.57 bits per heavy atom. The second-order valence-corrected chi connectivity index (χ2v) is 4.40. The van der Waals surface area contributed by atoms with Crippen LogP contribution in [-0.2, 0) is 0 Å². The van der Waals surface area contributed by atoms with E-state index in [0.29, 0.717) is 15.7 Å². The predicted molar refractivity (Wildman–Crippen MR) is 57.1 cm³/mol. The third-order valence-corrected chi connectivity index (χ3v) is 3.37. The highest BCUT2D eigenvalue weighted by molar-refractivity contribution is 7.10. The Balaban J connectivity index is 2.33. The maximum Gasteiger partial charge on any atom is 0.193 e. The van der Waals surface area contributed by atoms with Crippen LogP contribution in [0.1, 0.15) is 16.7 Å². The molecule has 0 aliphatic carbocycles. The fourth-order valence-electron chi connectivity index (χ4n) is 1.10. The van der Waals surface area contributed by atoms with Crippen molar-refractivity contribution >= 4 is 34.5 Å². The van der Waals surface area contributed by atoms with Crippen LogP contribution in [0.25, 0.3) is 0 Å². The van der Waals surface area contributed by atoms with Gasteiger partial charge in [-0.1, -0.05) is 11.6 Å². The van der Waals surface area contributed by atoms with Gasteiger partial charge in [0.25, 0.3) is 0 Å². The number of aliphatic hydroxyl groups excluding tert-OH is 1. The van der Waals surface area contributed by atoms with Crippen molar-refractivity contribution in [3.63, 3.8) is 0 Å². The second kappa shape index (κ2) is 3.95. The molecule has 2 aromatic heterocycles. The van der Waals surface area contributed by atoms with Crippen LogP contribution in [0.15, 0.2) is 28.0 Å². The lowest BCUT2D eigenvalue weighted by Gasteiger charge is -2.04. The molecular formula is C9H6Cl2O2S. The zero-order valence-corrected chi connectivity index (χ0v) is 9.23. The Hall–Kier alpha value is -0.480. The van der Waals surface area contributed by atoms with Crippen LogP contribution in [0.4, 0.5) is 0 Å². The molecule has 2 aromatic rings. The molecule has 0 aromatic carbocycles. The van der Waals surface area contributed by atoms with E-state index < -0.39 is 6.10 Å². The molecule has 1 N–H and O–H groups in total. The zero-order chi connectivity index (χ0) is 10.1. The van der Waals surface area contributed by atoms with E-state index in [4.69, 9.17) is 27.6 Å². The Morgan fingerprint density at radius 1 is 1.29 bits per heavy atom. The molecule has 2 heterocycles. The standard InChI is InChI=1S/C9H6Cl2O2S/c10-5-3-4-14-9(5)8(12)6-1-2-7(11)13-6/h1-4,8,12H. The van der Waals surface area contributed by atoms with E-state index >= 15 is 0 Å². The van der Waals surface area contributed by atoms with E-state index in [-0.39, 0.29) is 5.22 Å². The number of hydrogen-bond donors (Lipinski definition) is 1. The maximum atomic E-state index is 9.85. The summed E-state index contributed by atoms with van der Waals surface area (Å²) in [7, 11) is 0. The van der Waals surface area contributed by atoms with Crippen molar-refractivity contribution in [2.75, 3.05) is 0 Å². The van der Waals surface area contributed by atoms with Gasteiger partial charge in [0, 0.05) is 0 Å². The predicted octanol–water partition coefficient (Wildman–Crippen LogP) is 3.73. The average Bonchev–Trinajstić information content (AvgIpc) is 2.73. The maximum absolute atomic E-state index is 9.85. The number of aliphatic hydroxyl groups is 1. The van der Waals surface area contributed by atoms with Crippen molar-refractivity contribution in [2.45, 2.75) is 6.10 Å². The first kappa shape index (κ1) is 10.1. The van der Waals surface area contributed by atoms with Crippen molar-refractivity contribution in [3.8, 4) is 0 Å². The molecule has 2 nitrogen and oxygen atoms in total. The monoisotopic (exact) mass is 248 g/mol. The summed E-state index contributed by atoms with van der Waals surface area (Å²) in [5.41, 5.74) is 0. The van der Waals surface area contributed by atoms with Crippen LogP contribution < -0.4 is 0 Å². The van der Waals surface area contributed by atoms with Gasteiger partial charge < -0.3 is 9.52 Å². The highest BCUT2D eigenvalue weighted by Gasteiger charge is 2.18. The van der Waals surface area contributed by atoms with Gasteiger partial charge in [-0.3, -0.25) is 0 Å². The fourth-order valence-corrected chi connectivity index (χ4v) is 2.41. The van der Waals surface area contributed by atoms with E-state index in [2.05, 4.69) is 0 Å². The Labute approximate surface area is 94.7 Å². The third-order valence-electron chi connectivity index (χ3n) is 1.76. The molecule has 2 rings (SSSR count). The van der Waals surface area contributed by atoms with Gasteiger partial charge in [0.1, 0.15) is 11.9 Å². The lowest BCUT2D eigenvalue weighted by Crippen LogP contribution is -1.94. The summed E-state index contributed by atoms with van der Waals surface area (Å²) < 4.78 is 5.09. The van der Waals surface area contributed by atoms with Gasteiger partial charge >= 0.3 is 0 Å². The summed E-state index contributed by atoms with van der Waals surface area (Å²) in [6.07, 6.45) is -0.838. The van der Waals surface area contributed by atoms with Crippen molar-refractivity contribution in [1.29, 1.82) is 0 Å². The molecule has 0 aliphatic heterocycles. The smallest absolute Gasteiger partial charge is 0.193 e. The summed E-state index contributed by atoms with van der Waals surface area (Å²) in [6.45, 7) is 0. The molecule has 0 aliphatic rings. The van der Waals surface area contributed by atoms with Gasteiger partial charge in [0.05, 0.1) is 9.90 Å². The van der Waals surface area contributed by atoms with Crippen molar-refractivity contribution in [1.82, 2.24) is 0 Å². The minimum atomic E-state index is -0.838. The molecule has 5 heteroatoms. The summed E-state index contributed by atoms with van der Waals surface area (Å²) in [4.78, 5) is 0.665. The minimum Gasteiger partial charge on any atom is -0.447 e. The van der Waals surface area contributed by atoms with Crippen LogP contribution in [0.5, 0.6) is 0 Å². The van der Waals surface area contributed by atoms with Crippen molar-refractivity contribution in [2.24, 2.45) is 0 Å². The summed E-state index contributed by atoms with van der Waals surface area (Å²) >= 11 is 12.8. The topological polar surface area (TPSA) is 33.4 Å². The second-order valence-electron chi connectivity index (χ2n) is 2.68. The van der Waals surface area contributed by atoms with Crippen LogP contribution in [0.3, 0.4) is 0 Å². The Bertz CT molecular complexity index is 435. The number of furan rings is 1.